The number of aromatic nitrogens is 3. The van der Waals surface area contributed by atoms with Crippen LogP contribution in [0.25, 0.3) is 0 Å². The first-order valence-electron chi connectivity index (χ1n) is 13.0. The fourth-order valence-corrected chi connectivity index (χ4v) is 5.13. The van der Waals surface area contributed by atoms with Crippen molar-refractivity contribution in [3.63, 3.8) is 0 Å². The summed E-state index contributed by atoms with van der Waals surface area (Å²) in [5, 5.41) is 9.95. The average molecular weight is 536 g/mol. The molecule has 0 N–H and O–H groups in total. The molecule has 9 heteroatoms. The minimum absolute atomic E-state index is 0.0617. The van der Waals surface area contributed by atoms with E-state index >= 15 is 0 Å². The summed E-state index contributed by atoms with van der Waals surface area (Å²) in [4.78, 5) is 21.4. The molecule has 2 atom stereocenters. The summed E-state index contributed by atoms with van der Waals surface area (Å²) in [5.74, 6) is -0.379. The maximum absolute atomic E-state index is 9.95. The minimum Gasteiger partial charge on any atom is -0.462 e. The highest BCUT2D eigenvalue weighted by molar-refractivity contribution is 7.98. The second-order valence-electron chi connectivity index (χ2n) is 10.2. The lowest BCUT2D eigenvalue weighted by molar-refractivity contribution is 0.163. The Morgan fingerprint density at radius 3 is 2.68 bits per heavy atom. The maximum Gasteiger partial charge on any atom is 0.316 e. The average Bonchev–Trinajstić information content (AvgIpc) is 2.90. The van der Waals surface area contributed by atoms with Crippen LogP contribution in [0, 0.1) is 24.2 Å². The highest BCUT2D eigenvalue weighted by Crippen LogP contribution is 2.29. The van der Waals surface area contributed by atoms with Gasteiger partial charge in [0.05, 0.1) is 23.6 Å². The summed E-state index contributed by atoms with van der Waals surface area (Å²) in [7, 11) is 4.15. The Balaban J connectivity index is 1.64. The molecule has 1 aliphatic heterocycles. The molecular weight excluding hydrogens is 494 g/mol. The van der Waals surface area contributed by atoms with E-state index in [0.717, 1.165) is 54.6 Å². The van der Waals surface area contributed by atoms with E-state index in [0.29, 0.717) is 18.8 Å². The molecule has 0 amide bonds. The third-order valence-corrected chi connectivity index (χ3v) is 7.58. The number of hydrogen-bond acceptors (Lipinski definition) is 9. The molecule has 2 unspecified atom stereocenters. The lowest BCUT2D eigenvalue weighted by Crippen LogP contribution is -2.44. The highest BCUT2D eigenvalue weighted by Gasteiger charge is 2.19. The van der Waals surface area contributed by atoms with Crippen LogP contribution in [0.5, 0.6) is 6.01 Å². The standard InChI is InChI=1S/C29H41N7OS/c1-21(2)24(14-22(3)18-36-12-10-34(5)11-13-36)20-37-29-31-9-8-26(33-29)25(16-30)19-35(6)27-17-32-23(4)15-28(27)38-7/h8-9,14-15,17,24-25H,1,10-13,18-20H2,2-7H3. The smallest absolute Gasteiger partial charge is 0.316 e. The Hall–Kier alpha value is -2.93. The van der Waals surface area contributed by atoms with Gasteiger partial charge in [-0.3, -0.25) is 9.88 Å². The molecule has 1 aliphatic rings. The fourth-order valence-electron chi connectivity index (χ4n) is 4.42. The number of rotatable bonds is 12. The molecule has 38 heavy (non-hydrogen) atoms. The molecule has 0 radical (unpaired) electrons. The van der Waals surface area contributed by atoms with Gasteiger partial charge in [-0.25, -0.2) is 4.98 Å². The van der Waals surface area contributed by atoms with Crippen molar-refractivity contribution in [3.05, 3.63) is 59.7 Å². The first-order valence-corrected chi connectivity index (χ1v) is 14.2. The molecule has 0 saturated carbocycles. The number of anilines is 1. The number of nitriles is 1. The van der Waals surface area contributed by atoms with E-state index in [-0.39, 0.29) is 11.9 Å². The van der Waals surface area contributed by atoms with Crippen molar-refractivity contribution in [3.8, 4) is 12.1 Å². The van der Waals surface area contributed by atoms with Crippen molar-refractivity contribution in [2.24, 2.45) is 5.92 Å². The molecule has 2 aromatic heterocycles. The molecule has 1 saturated heterocycles. The monoisotopic (exact) mass is 535 g/mol. The van der Waals surface area contributed by atoms with Gasteiger partial charge < -0.3 is 14.5 Å². The van der Waals surface area contributed by atoms with Crippen LogP contribution in [0.3, 0.4) is 0 Å². The second-order valence-corrected chi connectivity index (χ2v) is 11.0. The maximum atomic E-state index is 9.95. The Morgan fingerprint density at radius 1 is 1.29 bits per heavy atom. The molecule has 3 heterocycles. The van der Waals surface area contributed by atoms with Crippen LogP contribution in [0.4, 0.5) is 5.69 Å². The zero-order valence-electron chi connectivity index (χ0n) is 23.6. The molecular formula is C29H41N7OS. The predicted molar refractivity (Wildman–Crippen MR) is 156 cm³/mol. The Bertz CT molecular complexity index is 1150. The van der Waals surface area contributed by atoms with Crippen molar-refractivity contribution in [1.29, 1.82) is 5.26 Å². The molecule has 0 bridgehead atoms. The molecule has 0 aliphatic carbocycles. The van der Waals surface area contributed by atoms with Crippen LogP contribution in [0.1, 0.15) is 31.2 Å². The number of nitrogens with zero attached hydrogens (tertiary/aromatic N) is 7. The summed E-state index contributed by atoms with van der Waals surface area (Å²) in [6.45, 7) is 16.6. The molecule has 3 rings (SSSR count). The molecule has 0 spiro atoms. The van der Waals surface area contributed by atoms with Crippen LogP contribution in [-0.4, -0.2) is 91.0 Å². The summed E-state index contributed by atoms with van der Waals surface area (Å²) in [6, 6.07) is 6.53. The van der Waals surface area contributed by atoms with Gasteiger partial charge in [-0.1, -0.05) is 23.8 Å². The molecule has 1 fully saturated rings. The van der Waals surface area contributed by atoms with Gasteiger partial charge in [0, 0.05) is 69.0 Å². The zero-order valence-corrected chi connectivity index (χ0v) is 24.5. The Kier molecular flexibility index (Phi) is 11.1. The van der Waals surface area contributed by atoms with E-state index in [9.17, 15) is 5.26 Å². The van der Waals surface area contributed by atoms with Gasteiger partial charge >= 0.3 is 6.01 Å². The molecule has 204 valence electrons. The minimum atomic E-state index is -0.441. The number of aryl methyl sites for hydroxylation is 1. The Labute approximate surface area is 232 Å². The third kappa shape index (κ3) is 8.55. The van der Waals surface area contributed by atoms with Crippen LogP contribution < -0.4 is 9.64 Å². The summed E-state index contributed by atoms with van der Waals surface area (Å²) in [6.07, 6.45) is 7.81. The topological polar surface area (TPSA) is 81.4 Å². The van der Waals surface area contributed by atoms with E-state index in [1.54, 1.807) is 24.0 Å². The van der Waals surface area contributed by atoms with Crippen LogP contribution in [0.2, 0.25) is 0 Å². The van der Waals surface area contributed by atoms with E-state index in [1.807, 2.05) is 33.3 Å². The predicted octanol–water partition coefficient (Wildman–Crippen LogP) is 4.41. The van der Waals surface area contributed by atoms with Crippen molar-refractivity contribution in [2.75, 3.05) is 71.1 Å². The number of ether oxygens (including phenoxy) is 1. The van der Waals surface area contributed by atoms with E-state index in [2.05, 4.69) is 68.4 Å². The van der Waals surface area contributed by atoms with Crippen LogP contribution in [-0.2, 0) is 0 Å². The highest BCUT2D eigenvalue weighted by atomic mass is 32.2. The molecule has 8 nitrogen and oxygen atoms in total. The number of likely N-dealkylation sites (N-methyl/N-ethyl adjacent to an activating group) is 2. The van der Waals surface area contributed by atoms with Gasteiger partial charge in [-0.15, -0.1) is 11.8 Å². The summed E-state index contributed by atoms with van der Waals surface area (Å²) >= 11 is 1.67. The first-order chi connectivity index (χ1) is 18.2. The molecule has 0 aromatic carbocycles. The van der Waals surface area contributed by atoms with Gasteiger partial charge in [0.2, 0.25) is 0 Å². The van der Waals surface area contributed by atoms with E-state index < -0.39 is 5.92 Å². The van der Waals surface area contributed by atoms with Crippen molar-refractivity contribution >= 4 is 17.4 Å². The lowest BCUT2D eigenvalue weighted by Gasteiger charge is -2.32. The van der Waals surface area contributed by atoms with Gasteiger partial charge in [-0.2, -0.15) is 10.2 Å². The van der Waals surface area contributed by atoms with E-state index in [4.69, 9.17) is 4.74 Å². The number of hydrogen-bond donors (Lipinski definition) is 0. The van der Waals surface area contributed by atoms with Crippen molar-refractivity contribution < 1.29 is 4.74 Å². The zero-order chi connectivity index (χ0) is 27.7. The quantitative estimate of drug-likeness (QED) is 0.290. The lowest BCUT2D eigenvalue weighted by atomic mass is 10.00. The second kappa shape index (κ2) is 14.3. The number of pyridine rings is 1. The summed E-state index contributed by atoms with van der Waals surface area (Å²) < 4.78 is 6.02. The van der Waals surface area contributed by atoms with Gasteiger partial charge in [0.1, 0.15) is 12.5 Å². The van der Waals surface area contributed by atoms with Crippen LogP contribution in [0.15, 0.2) is 53.2 Å². The van der Waals surface area contributed by atoms with Gasteiger partial charge in [0.15, 0.2) is 0 Å². The summed E-state index contributed by atoms with van der Waals surface area (Å²) in [5.41, 5.74) is 4.95. The fraction of sp³-hybridized carbons (Fsp3) is 0.517. The Morgan fingerprint density at radius 2 is 2.03 bits per heavy atom. The molecule has 2 aromatic rings. The third-order valence-electron chi connectivity index (χ3n) is 6.82. The van der Waals surface area contributed by atoms with Crippen molar-refractivity contribution in [1.82, 2.24) is 24.8 Å². The van der Waals surface area contributed by atoms with Gasteiger partial charge in [-0.05, 0) is 46.2 Å². The van der Waals surface area contributed by atoms with Crippen molar-refractivity contribution in [2.45, 2.75) is 31.6 Å². The largest absolute Gasteiger partial charge is 0.462 e. The number of thioether (sulfide) groups is 1. The van der Waals surface area contributed by atoms with Crippen LogP contribution >= 0.6 is 11.8 Å². The number of piperazine rings is 1. The normalized spacial score (nSPS) is 16.5. The first kappa shape index (κ1) is 29.6. The van der Waals surface area contributed by atoms with E-state index in [1.165, 1.54) is 5.57 Å². The SMILES string of the molecule is C=C(C)C(C=C(C)CN1CCN(C)CC1)COc1nccc(C(C#N)CN(C)c2cnc(C)cc2SC)n1. The van der Waals surface area contributed by atoms with Gasteiger partial charge in [0.25, 0.3) is 0 Å².